The van der Waals surface area contributed by atoms with Crippen LogP contribution in [0.25, 0.3) is 0 Å². The fourth-order valence-electron chi connectivity index (χ4n) is 5.92. The molecule has 0 spiro atoms. The number of benzene rings is 4. The van der Waals surface area contributed by atoms with Gasteiger partial charge in [0.05, 0.1) is 38.7 Å². The van der Waals surface area contributed by atoms with Crippen LogP contribution >= 0.6 is 0 Å². The molecule has 1 fully saturated rings. The Morgan fingerprint density at radius 1 is 0.549 bits per heavy atom. The average Bonchev–Trinajstić information content (AvgIpc) is 3.10. The molecule has 0 heterocycles. The first-order chi connectivity index (χ1) is 24.4. The Kier molecular flexibility index (Phi) is 13.4. The normalized spacial score (nSPS) is 22.3. The van der Waals surface area contributed by atoms with Gasteiger partial charge >= 0.3 is 6.09 Å². The highest BCUT2D eigenvalue weighted by Gasteiger charge is 2.56. The highest BCUT2D eigenvalue weighted by Crippen LogP contribution is 2.35. The molecule has 0 bridgehead atoms. The lowest BCUT2D eigenvalue weighted by Crippen LogP contribution is -2.71. The van der Waals surface area contributed by atoms with Crippen LogP contribution in [0.15, 0.2) is 121 Å². The highest BCUT2D eigenvalue weighted by molar-refractivity contribution is 7.86. The molecule has 1 aliphatic carbocycles. The lowest BCUT2D eigenvalue weighted by molar-refractivity contribution is -0.245. The monoisotopic (exact) mass is 717 g/mol. The average molecular weight is 718 g/mol. The van der Waals surface area contributed by atoms with Crippen molar-refractivity contribution < 1.29 is 41.1 Å². The molecular weight excluding hydrogens is 671 g/mol. The van der Waals surface area contributed by atoms with Crippen molar-refractivity contribution in [3.8, 4) is 0 Å². The predicted octanol–water partition coefficient (Wildman–Crippen LogP) is 6.58. The number of nitrogens with one attached hydrogen (secondary N) is 1. The maximum atomic E-state index is 13.5. The first-order valence-corrected chi connectivity index (χ1v) is 18.8. The fraction of sp³-hybridized carbons (Fsp3) is 0.375. The third-order valence-corrected chi connectivity index (χ3v) is 8.69. The molecule has 1 aliphatic rings. The molecule has 10 nitrogen and oxygen atoms in total. The molecule has 0 aromatic heterocycles. The SMILES string of the molecule is CC(C)(C)OC(=O)N[C@@H]1[C@@H](OS(C)(=O)=O)[C@H](OCc2ccccc2)[C@@H](OCc2ccccc2)[C@H](OCc2ccccc2)[C@H]1OCc1ccccc1. The summed E-state index contributed by atoms with van der Waals surface area (Å²) in [6, 6.07) is 37.1. The van der Waals surface area contributed by atoms with Crippen molar-refractivity contribution in [3.05, 3.63) is 144 Å². The van der Waals surface area contributed by atoms with E-state index in [1.54, 1.807) is 20.8 Å². The number of rotatable bonds is 15. The molecule has 0 unspecified atom stereocenters. The van der Waals surface area contributed by atoms with Gasteiger partial charge in [-0.25, -0.2) is 4.79 Å². The molecule has 0 saturated heterocycles. The quantitative estimate of drug-likeness (QED) is 0.136. The van der Waals surface area contributed by atoms with Crippen LogP contribution in [0.5, 0.6) is 0 Å². The van der Waals surface area contributed by atoms with Gasteiger partial charge in [-0.2, -0.15) is 8.42 Å². The number of ether oxygens (including phenoxy) is 5. The molecule has 51 heavy (non-hydrogen) atoms. The van der Waals surface area contributed by atoms with E-state index in [1.165, 1.54) is 0 Å². The Labute approximate surface area is 301 Å². The molecule has 4 aromatic carbocycles. The minimum absolute atomic E-state index is 0.0976. The Hall–Kier alpha value is -4.10. The maximum Gasteiger partial charge on any atom is 0.408 e. The van der Waals surface area contributed by atoms with Crippen molar-refractivity contribution >= 4 is 16.2 Å². The van der Waals surface area contributed by atoms with E-state index in [0.717, 1.165) is 28.5 Å². The van der Waals surface area contributed by atoms with E-state index >= 15 is 0 Å². The lowest BCUT2D eigenvalue weighted by atomic mass is 9.82. The van der Waals surface area contributed by atoms with Gasteiger partial charge in [0.15, 0.2) is 0 Å². The van der Waals surface area contributed by atoms with Gasteiger partial charge in [-0.05, 0) is 43.0 Å². The van der Waals surface area contributed by atoms with Gasteiger partial charge < -0.3 is 29.0 Å². The molecule has 11 heteroatoms. The van der Waals surface area contributed by atoms with Gasteiger partial charge in [-0.3, -0.25) is 4.18 Å². The molecular formula is C40H47NO9S. The van der Waals surface area contributed by atoms with Crippen LogP contribution in [0.3, 0.4) is 0 Å². The summed E-state index contributed by atoms with van der Waals surface area (Å²) < 4.78 is 64.2. The second-order valence-electron chi connectivity index (χ2n) is 13.5. The van der Waals surface area contributed by atoms with E-state index < -0.39 is 58.4 Å². The maximum absolute atomic E-state index is 13.5. The van der Waals surface area contributed by atoms with Gasteiger partial charge in [0.25, 0.3) is 10.1 Å². The summed E-state index contributed by atoms with van der Waals surface area (Å²) in [5.74, 6) is 0. The number of carbonyl (C=O) groups excluding carboxylic acids is 1. The Morgan fingerprint density at radius 3 is 1.20 bits per heavy atom. The van der Waals surface area contributed by atoms with Crippen LogP contribution < -0.4 is 5.32 Å². The van der Waals surface area contributed by atoms with E-state index in [1.807, 2.05) is 121 Å². The Bertz CT molecular complexity index is 1740. The van der Waals surface area contributed by atoms with E-state index in [2.05, 4.69) is 5.32 Å². The number of carbonyl (C=O) groups is 1. The smallest absolute Gasteiger partial charge is 0.408 e. The number of amides is 1. The van der Waals surface area contributed by atoms with E-state index in [-0.39, 0.29) is 26.4 Å². The summed E-state index contributed by atoms with van der Waals surface area (Å²) in [5, 5.41) is 2.89. The van der Waals surface area contributed by atoms with E-state index in [0.29, 0.717) is 0 Å². The first kappa shape index (κ1) is 38.1. The Morgan fingerprint density at radius 2 is 0.863 bits per heavy atom. The van der Waals surface area contributed by atoms with Crippen molar-refractivity contribution in [1.29, 1.82) is 0 Å². The zero-order valence-corrected chi connectivity index (χ0v) is 30.2. The van der Waals surface area contributed by atoms with Crippen LogP contribution in [-0.2, 0) is 64.4 Å². The molecule has 0 radical (unpaired) electrons. The minimum atomic E-state index is -4.12. The van der Waals surface area contributed by atoms with Gasteiger partial charge in [-0.15, -0.1) is 0 Å². The second-order valence-corrected chi connectivity index (χ2v) is 15.1. The predicted molar refractivity (Wildman–Crippen MR) is 193 cm³/mol. The molecule has 1 amide bonds. The van der Waals surface area contributed by atoms with E-state index in [9.17, 15) is 13.2 Å². The van der Waals surface area contributed by atoms with Crippen molar-refractivity contribution in [1.82, 2.24) is 5.32 Å². The van der Waals surface area contributed by atoms with Crippen LogP contribution in [0, 0.1) is 0 Å². The van der Waals surface area contributed by atoms with Crippen molar-refractivity contribution in [2.45, 2.75) is 89.4 Å². The molecule has 1 saturated carbocycles. The number of hydrogen-bond donors (Lipinski definition) is 1. The highest BCUT2D eigenvalue weighted by atomic mass is 32.2. The topological polar surface area (TPSA) is 119 Å². The van der Waals surface area contributed by atoms with E-state index in [4.69, 9.17) is 27.9 Å². The third kappa shape index (κ3) is 12.0. The molecule has 6 atom stereocenters. The van der Waals surface area contributed by atoms with Gasteiger partial charge in [0.2, 0.25) is 0 Å². The summed E-state index contributed by atoms with van der Waals surface area (Å²) in [4.78, 5) is 13.5. The molecule has 0 aliphatic heterocycles. The van der Waals surface area contributed by atoms with Crippen LogP contribution in [-0.4, -0.2) is 62.9 Å². The summed E-state index contributed by atoms with van der Waals surface area (Å²) in [6.45, 7) is 5.77. The summed E-state index contributed by atoms with van der Waals surface area (Å²) in [5.41, 5.74) is 2.64. The van der Waals surface area contributed by atoms with Crippen LogP contribution in [0.4, 0.5) is 4.79 Å². The molecule has 1 N–H and O–H groups in total. The minimum Gasteiger partial charge on any atom is -0.444 e. The van der Waals surface area contributed by atoms with Gasteiger partial charge in [0, 0.05) is 0 Å². The van der Waals surface area contributed by atoms with Crippen LogP contribution in [0.1, 0.15) is 43.0 Å². The second kappa shape index (κ2) is 17.9. The standard InChI is InChI=1S/C40H47NO9S/c1-40(2,3)49-39(42)41-33-34(45-25-29-17-9-5-10-18-29)36(46-26-30-19-11-6-12-20-30)38(48-28-32-23-15-8-16-24-32)37(35(33)50-51(4,43)44)47-27-31-21-13-7-14-22-31/h5-24,33-38H,25-28H2,1-4H3,(H,41,42)/t33-,34-,35+,36+,37-,38-/m0/s1. The van der Waals surface area contributed by atoms with Crippen molar-refractivity contribution in [2.75, 3.05) is 6.26 Å². The van der Waals surface area contributed by atoms with Crippen molar-refractivity contribution in [3.63, 3.8) is 0 Å². The largest absolute Gasteiger partial charge is 0.444 e. The fourth-order valence-corrected chi connectivity index (χ4v) is 6.55. The molecule has 5 rings (SSSR count). The zero-order valence-electron chi connectivity index (χ0n) is 29.4. The van der Waals surface area contributed by atoms with Crippen LogP contribution in [0.2, 0.25) is 0 Å². The summed E-state index contributed by atoms with van der Waals surface area (Å²) in [7, 11) is -4.12. The first-order valence-electron chi connectivity index (χ1n) is 16.9. The number of alkyl carbamates (subject to hydrolysis) is 1. The molecule has 4 aromatic rings. The molecule has 272 valence electrons. The Balaban J connectivity index is 1.61. The van der Waals surface area contributed by atoms with Gasteiger partial charge in [0.1, 0.15) is 36.1 Å². The summed E-state index contributed by atoms with van der Waals surface area (Å²) >= 11 is 0. The third-order valence-electron chi connectivity index (χ3n) is 8.11. The summed E-state index contributed by atoms with van der Waals surface area (Å²) in [6.07, 6.45) is -5.01. The van der Waals surface area contributed by atoms with Crippen molar-refractivity contribution in [2.24, 2.45) is 0 Å². The lowest BCUT2D eigenvalue weighted by Gasteiger charge is -2.49. The zero-order chi connectivity index (χ0) is 36.3. The van der Waals surface area contributed by atoms with Gasteiger partial charge in [-0.1, -0.05) is 121 Å². The number of hydrogen-bond acceptors (Lipinski definition) is 9.